The Bertz CT molecular complexity index is 2300. The summed E-state index contributed by atoms with van der Waals surface area (Å²) >= 11 is 0. The zero-order valence-electron chi connectivity index (χ0n) is 28.3. The molecule has 0 saturated carbocycles. The number of phenols is 5. The topological polar surface area (TPSA) is 192 Å². The van der Waals surface area contributed by atoms with E-state index in [1.54, 1.807) is 24.3 Å². The maximum absolute atomic E-state index is 14.9. The summed E-state index contributed by atoms with van der Waals surface area (Å²) in [4.78, 5) is 28.5. The van der Waals surface area contributed by atoms with Crippen LogP contribution in [0.3, 0.4) is 0 Å². The van der Waals surface area contributed by atoms with Gasteiger partial charge in [0.1, 0.15) is 68.5 Å². The van der Waals surface area contributed by atoms with Gasteiger partial charge in [-0.3, -0.25) is 4.79 Å². The molecular weight excluding hydrogens is 672 g/mol. The quantitative estimate of drug-likeness (QED) is 0.0756. The highest BCUT2D eigenvalue weighted by Gasteiger charge is 2.70. The van der Waals surface area contributed by atoms with Gasteiger partial charge in [0.25, 0.3) is 5.79 Å². The number of allylic oxidation sites excluding steroid dienone is 2. The summed E-state index contributed by atoms with van der Waals surface area (Å²) in [5.74, 6) is -6.16. The fourth-order valence-electron chi connectivity index (χ4n) is 7.81. The number of benzene rings is 4. The van der Waals surface area contributed by atoms with Gasteiger partial charge in [0, 0.05) is 30.7 Å². The summed E-state index contributed by atoms with van der Waals surface area (Å²) in [6.45, 7) is 5.45. The van der Waals surface area contributed by atoms with Crippen LogP contribution in [0.5, 0.6) is 51.7 Å². The predicted octanol–water partition coefficient (Wildman–Crippen LogP) is 6.45. The summed E-state index contributed by atoms with van der Waals surface area (Å²) in [7, 11) is 0. The molecule has 0 radical (unpaired) electrons. The average molecular weight is 707 g/mol. The average Bonchev–Trinajstić information content (AvgIpc) is 3.30. The molecule has 8 rings (SSSR count). The van der Waals surface area contributed by atoms with Gasteiger partial charge in [-0.05, 0) is 87.1 Å². The van der Waals surface area contributed by atoms with E-state index in [0.29, 0.717) is 24.2 Å². The molecule has 0 spiro atoms. The van der Waals surface area contributed by atoms with Crippen LogP contribution in [0, 0.1) is 0 Å². The van der Waals surface area contributed by atoms with Crippen molar-refractivity contribution in [3.8, 4) is 51.7 Å². The van der Waals surface area contributed by atoms with E-state index in [1.165, 1.54) is 42.5 Å². The van der Waals surface area contributed by atoms with Gasteiger partial charge in [0.05, 0.1) is 11.1 Å². The molecule has 6 N–H and O–H groups in total. The number of phenolic OH excluding ortho intramolecular Hbond substituents is 5. The van der Waals surface area contributed by atoms with Crippen LogP contribution in [-0.4, -0.2) is 53.6 Å². The first-order valence-corrected chi connectivity index (χ1v) is 16.6. The molecule has 0 amide bonds. The van der Waals surface area contributed by atoms with Gasteiger partial charge in [-0.15, -0.1) is 0 Å². The monoisotopic (exact) mass is 706 g/mol. The number of fused-ring (bicyclic) bond motifs is 8. The highest BCUT2D eigenvalue weighted by molar-refractivity contribution is 6.11. The van der Waals surface area contributed by atoms with Crippen molar-refractivity contribution in [2.24, 2.45) is 0 Å². The molecule has 12 nitrogen and oxygen atoms in total. The van der Waals surface area contributed by atoms with E-state index in [-0.39, 0.29) is 69.1 Å². The zero-order valence-corrected chi connectivity index (χ0v) is 28.3. The molecular formula is C40H34O12. The smallest absolute Gasteiger partial charge is 0.347 e. The van der Waals surface area contributed by atoms with Gasteiger partial charge in [-0.2, -0.15) is 0 Å². The van der Waals surface area contributed by atoms with Crippen molar-refractivity contribution in [1.82, 2.24) is 0 Å². The molecule has 0 saturated heterocycles. The maximum Gasteiger partial charge on any atom is 0.347 e. The van der Waals surface area contributed by atoms with E-state index in [2.05, 4.69) is 0 Å². The molecule has 4 aromatic rings. The molecule has 4 aromatic carbocycles. The Labute approximate surface area is 297 Å². The number of carbonyl (C=O) groups is 2. The minimum absolute atomic E-state index is 0.00225. The van der Waals surface area contributed by atoms with Crippen LogP contribution in [0.2, 0.25) is 0 Å². The number of carbonyl (C=O) groups excluding carboxylic acids is 2. The number of hydrogen-bond acceptors (Lipinski definition) is 12. The highest BCUT2D eigenvalue weighted by Crippen LogP contribution is 2.60. The molecule has 266 valence electrons. The second-order valence-electron chi connectivity index (χ2n) is 14.1. The van der Waals surface area contributed by atoms with Crippen molar-refractivity contribution in [2.45, 2.75) is 62.9 Å². The maximum atomic E-state index is 14.9. The van der Waals surface area contributed by atoms with E-state index >= 15 is 0 Å². The van der Waals surface area contributed by atoms with Crippen LogP contribution in [0.4, 0.5) is 0 Å². The van der Waals surface area contributed by atoms with E-state index in [0.717, 1.165) is 17.2 Å². The normalized spacial score (nSPS) is 24.8. The Hall–Kier alpha value is -6.14. The van der Waals surface area contributed by atoms with Crippen LogP contribution >= 0.6 is 0 Å². The number of esters is 1. The Balaban J connectivity index is 1.33. The van der Waals surface area contributed by atoms with Crippen LogP contribution in [0.15, 0.2) is 78.4 Å². The Kier molecular flexibility index (Phi) is 7.10. The zero-order chi connectivity index (χ0) is 36.9. The lowest BCUT2D eigenvalue weighted by molar-refractivity contribution is -0.221. The van der Waals surface area contributed by atoms with Crippen molar-refractivity contribution in [3.63, 3.8) is 0 Å². The summed E-state index contributed by atoms with van der Waals surface area (Å²) in [5.41, 5.74) is -1.59. The Morgan fingerprint density at radius 2 is 1.56 bits per heavy atom. The van der Waals surface area contributed by atoms with Crippen molar-refractivity contribution in [1.29, 1.82) is 0 Å². The molecule has 12 heteroatoms. The van der Waals surface area contributed by atoms with E-state index in [9.17, 15) is 40.2 Å². The Morgan fingerprint density at radius 1 is 0.865 bits per heavy atom. The van der Waals surface area contributed by atoms with Gasteiger partial charge >= 0.3 is 5.97 Å². The fourth-order valence-corrected chi connectivity index (χ4v) is 7.81. The van der Waals surface area contributed by atoms with E-state index in [1.807, 2.05) is 20.8 Å². The number of aromatic hydroxyl groups is 5. The molecule has 52 heavy (non-hydrogen) atoms. The third kappa shape index (κ3) is 4.85. The first kappa shape index (κ1) is 33.0. The van der Waals surface area contributed by atoms with Crippen LogP contribution < -0.4 is 18.9 Å². The number of ether oxygens (including phenoxy) is 4. The number of rotatable bonds is 5. The number of ketones is 1. The molecule has 2 bridgehead atoms. The molecule has 0 fully saturated rings. The van der Waals surface area contributed by atoms with Gasteiger partial charge in [-0.1, -0.05) is 17.7 Å². The first-order valence-electron chi connectivity index (χ1n) is 16.6. The van der Waals surface area contributed by atoms with E-state index < -0.39 is 40.2 Å². The van der Waals surface area contributed by atoms with Crippen molar-refractivity contribution in [3.05, 3.63) is 106 Å². The third-order valence-corrected chi connectivity index (χ3v) is 10.1. The minimum Gasteiger partial charge on any atom is -0.508 e. The number of hydrogen-bond donors (Lipinski definition) is 6. The van der Waals surface area contributed by atoms with Gasteiger partial charge in [-0.25, -0.2) is 4.79 Å². The second kappa shape index (κ2) is 11.2. The summed E-state index contributed by atoms with van der Waals surface area (Å²) < 4.78 is 24.7. The molecule has 4 atom stereocenters. The van der Waals surface area contributed by atoms with Crippen LogP contribution in [0.1, 0.15) is 83.4 Å². The molecule has 1 aliphatic carbocycles. The van der Waals surface area contributed by atoms with Crippen molar-refractivity contribution in [2.75, 3.05) is 0 Å². The van der Waals surface area contributed by atoms with E-state index in [4.69, 9.17) is 18.9 Å². The summed E-state index contributed by atoms with van der Waals surface area (Å²) in [5, 5.41) is 65.3. The van der Waals surface area contributed by atoms with Crippen molar-refractivity contribution < 1.29 is 59.2 Å². The second-order valence-corrected chi connectivity index (χ2v) is 14.1. The number of aliphatic hydroxyl groups is 1. The lowest BCUT2D eigenvalue weighted by Gasteiger charge is -2.44. The van der Waals surface area contributed by atoms with Crippen LogP contribution in [0.25, 0.3) is 5.57 Å². The predicted molar refractivity (Wildman–Crippen MR) is 184 cm³/mol. The molecule has 4 aliphatic rings. The van der Waals surface area contributed by atoms with Gasteiger partial charge in [0.2, 0.25) is 11.4 Å². The minimum atomic E-state index is -2.45. The highest BCUT2D eigenvalue weighted by atomic mass is 16.7. The molecule has 3 aliphatic heterocycles. The standard InChI is InChI=1S/C40H34O12/c1-19(2)10-11-39-36(46)34-32(52-40(39,48)27-9-6-24(43)15-30(27)51-39)16-31(49-37(47)26-8-5-22(41)13-28(26)44)33(35(34)45)21-12-20-17-38(3,18-21)50-29-14-23(42)4-7-25(20)29/h4-10,13-16,18,20,41-45,48H,11-12,17H2,1-3H3/t20-,38-,39+,40+/m0/s1. The largest absolute Gasteiger partial charge is 0.508 e. The van der Waals surface area contributed by atoms with Gasteiger partial charge < -0.3 is 49.6 Å². The molecule has 0 aromatic heterocycles. The van der Waals surface area contributed by atoms with Gasteiger partial charge in [0.15, 0.2) is 0 Å². The third-order valence-electron chi connectivity index (χ3n) is 10.1. The Morgan fingerprint density at radius 3 is 2.29 bits per heavy atom. The lowest BCUT2D eigenvalue weighted by atomic mass is 9.72. The lowest BCUT2D eigenvalue weighted by Crippen LogP contribution is -2.62. The van der Waals surface area contributed by atoms with Crippen LogP contribution in [-0.2, 0) is 5.79 Å². The first-order chi connectivity index (χ1) is 24.6. The fraction of sp³-hybridized carbons (Fsp3) is 0.250. The number of Topliss-reactive ketones (excluding diaryl/α,β-unsaturated/α-hetero) is 1. The summed E-state index contributed by atoms with van der Waals surface area (Å²) in [6, 6.07) is 13.3. The SMILES string of the molecule is CC(C)=CC[C@]12Oc3cc(O)ccc3[C@@]1(O)Oc1cc(OC(=O)c3ccc(O)cc3O)c(C3=C[C@]4(C)C[C@H](C3)c3ccc(O)cc3O4)c(O)c1C2=O. The van der Waals surface area contributed by atoms with Crippen molar-refractivity contribution >= 4 is 17.3 Å². The summed E-state index contributed by atoms with van der Waals surface area (Å²) in [6.07, 6.45) is 4.13. The molecule has 3 heterocycles. The molecule has 0 unspecified atom stereocenters.